The molecule has 0 atom stereocenters. The van der Waals surface area contributed by atoms with Crippen LogP contribution >= 0.6 is 11.6 Å². The maximum Gasteiger partial charge on any atom is 0.255 e. The minimum Gasteiger partial charge on any atom is -0.370 e. The Bertz CT molecular complexity index is 1030. The number of carbonyl (C=O) groups excluding carboxylic acids is 1. The van der Waals surface area contributed by atoms with Crippen LogP contribution in [0.4, 0.5) is 11.4 Å². The van der Waals surface area contributed by atoms with Gasteiger partial charge in [-0.25, -0.2) is 8.42 Å². The molecule has 2 saturated heterocycles. The lowest BCUT2D eigenvalue weighted by molar-refractivity contribution is 0.102. The molecule has 160 valence electrons. The zero-order valence-corrected chi connectivity index (χ0v) is 18.4. The molecule has 8 heteroatoms. The van der Waals surface area contributed by atoms with Crippen molar-refractivity contribution in [3.8, 4) is 0 Å². The van der Waals surface area contributed by atoms with Crippen molar-refractivity contribution < 1.29 is 13.2 Å². The van der Waals surface area contributed by atoms with Crippen LogP contribution in [0.3, 0.4) is 0 Å². The topological polar surface area (TPSA) is 69.7 Å². The third-order valence-corrected chi connectivity index (χ3v) is 8.11. The van der Waals surface area contributed by atoms with Gasteiger partial charge in [-0.15, -0.1) is 0 Å². The van der Waals surface area contributed by atoms with Crippen LogP contribution < -0.4 is 10.2 Å². The van der Waals surface area contributed by atoms with E-state index in [4.69, 9.17) is 11.6 Å². The number of piperidine rings is 1. The number of halogens is 1. The third-order valence-electron chi connectivity index (χ3n) is 5.73. The number of hydrogen-bond donors (Lipinski definition) is 1. The minimum absolute atomic E-state index is 0.00783. The highest BCUT2D eigenvalue weighted by Crippen LogP contribution is 2.31. The molecule has 0 radical (unpaired) electrons. The average Bonchev–Trinajstić information content (AvgIpc) is 3.29. The SMILES string of the molecule is O=C(Nc1ccccc1N1CCCC1)c1ccc(Cl)c(S(=O)(=O)N2CCCCC2)c1. The zero-order valence-electron chi connectivity index (χ0n) is 16.8. The molecule has 2 fully saturated rings. The number of carbonyl (C=O) groups is 1. The lowest BCUT2D eigenvalue weighted by atomic mass is 10.2. The lowest BCUT2D eigenvalue weighted by Crippen LogP contribution is -2.35. The first-order valence-electron chi connectivity index (χ1n) is 10.4. The van der Waals surface area contributed by atoms with Crippen LogP contribution in [0.25, 0.3) is 0 Å². The van der Waals surface area contributed by atoms with E-state index in [-0.39, 0.29) is 21.4 Å². The van der Waals surface area contributed by atoms with Gasteiger partial charge in [0.1, 0.15) is 4.90 Å². The van der Waals surface area contributed by atoms with Crippen LogP contribution in [0.5, 0.6) is 0 Å². The van der Waals surface area contributed by atoms with Gasteiger partial charge >= 0.3 is 0 Å². The van der Waals surface area contributed by atoms with Crippen molar-refractivity contribution in [3.05, 3.63) is 53.1 Å². The van der Waals surface area contributed by atoms with Crippen LogP contribution in [0.1, 0.15) is 42.5 Å². The van der Waals surface area contributed by atoms with Crippen molar-refractivity contribution in [2.45, 2.75) is 37.0 Å². The van der Waals surface area contributed by atoms with Gasteiger partial charge in [0, 0.05) is 31.7 Å². The molecule has 2 aliphatic heterocycles. The Morgan fingerprint density at radius 2 is 1.57 bits per heavy atom. The Balaban J connectivity index is 1.60. The molecule has 0 bridgehead atoms. The number of nitrogens with one attached hydrogen (secondary N) is 1. The molecule has 2 aliphatic rings. The first kappa shape index (κ1) is 21.2. The summed E-state index contributed by atoms with van der Waals surface area (Å²) in [5.41, 5.74) is 1.98. The summed E-state index contributed by atoms with van der Waals surface area (Å²) in [5, 5.41) is 3.08. The fourth-order valence-corrected chi connectivity index (χ4v) is 6.11. The van der Waals surface area contributed by atoms with Gasteiger partial charge in [-0.2, -0.15) is 4.31 Å². The molecular formula is C22H26ClN3O3S. The molecule has 4 rings (SSSR count). The van der Waals surface area contributed by atoms with Crippen molar-refractivity contribution in [1.29, 1.82) is 0 Å². The predicted molar refractivity (Wildman–Crippen MR) is 120 cm³/mol. The van der Waals surface area contributed by atoms with E-state index in [2.05, 4.69) is 10.2 Å². The molecular weight excluding hydrogens is 422 g/mol. The molecule has 1 amide bonds. The number of anilines is 2. The van der Waals surface area contributed by atoms with Crippen molar-refractivity contribution in [2.75, 3.05) is 36.4 Å². The molecule has 6 nitrogen and oxygen atoms in total. The zero-order chi connectivity index (χ0) is 21.1. The van der Waals surface area contributed by atoms with E-state index >= 15 is 0 Å². The highest BCUT2D eigenvalue weighted by Gasteiger charge is 2.29. The highest BCUT2D eigenvalue weighted by atomic mass is 35.5. The standard InChI is InChI=1S/C22H26ClN3O3S/c23-18-11-10-17(16-21(18)30(28,29)26-14-4-1-5-15-26)22(27)24-19-8-2-3-9-20(19)25-12-6-7-13-25/h2-3,8-11,16H,1,4-7,12-15H2,(H,24,27). The van der Waals surface area contributed by atoms with Crippen LogP contribution in [0.15, 0.2) is 47.4 Å². The Morgan fingerprint density at radius 3 is 2.30 bits per heavy atom. The second kappa shape index (κ2) is 8.96. The van der Waals surface area contributed by atoms with E-state index < -0.39 is 10.0 Å². The van der Waals surface area contributed by atoms with Crippen molar-refractivity contribution >= 4 is 38.9 Å². The summed E-state index contributed by atoms with van der Waals surface area (Å²) in [6.07, 6.45) is 4.97. The van der Waals surface area contributed by atoms with Gasteiger partial charge in [0.2, 0.25) is 10.0 Å². The predicted octanol–water partition coefficient (Wildman–Crippen LogP) is 4.37. The quantitative estimate of drug-likeness (QED) is 0.739. The number of rotatable bonds is 5. The van der Waals surface area contributed by atoms with Gasteiger partial charge in [-0.1, -0.05) is 30.2 Å². The lowest BCUT2D eigenvalue weighted by Gasteiger charge is -2.26. The smallest absolute Gasteiger partial charge is 0.255 e. The van der Waals surface area contributed by atoms with Crippen LogP contribution in [0.2, 0.25) is 5.02 Å². The van der Waals surface area contributed by atoms with E-state index in [0.29, 0.717) is 13.1 Å². The summed E-state index contributed by atoms with van der Waals surface area (Å²) < 4.78 is 27.6. The summed E-state index contributed by atoms with van der Waals surface area (Å²) >= 11 is 6.23. The Morgan fingerprint density at radius 1 is 0.900 bits per heavy atom. The van der Waals surface area contributed by atoms with E-state index in [1.807, 2.05) is 24.3 Å². The number of sulfonamides is 1. The maximum absolute atomic E-state index is 13.1. The van der Waals surface area contributed by atoms with Crippen molar-refractivity contribution in [3.63, 3.8) is 0 Å². The Hall–Kier alpha value is -2.09. The summed E-state index contributed by atoms with van der Waals surface area (Å²) in [6, 6.07) is 12.1. The largest absolute Gasteiger partial charge is 0.370 e. The number of benzene rings is 2. The van der Waals surface area contributed by atoms with Gasteiger partial charge in [-0.3, -0.25) is 4.79 Å². The third kappa shape index (κ3) is 4.33. The molecule has 0 unspecified atom stereocenters. The number of para-hydroxylation sites is 2. The highest BCUT2D eigenvalue weighted by molar-refractivity contribution is 7.89. The summed E-state index contributed by atoms with van der Waals surface area (Å²) in [4.78, 5) is 15.2. The first-order valence-corrected chi connectivity index (χ1v) is 12.2. The molecule has 0 aromatic heterocycles. The first-order chi connectivity index (χ1) is 14.5. The van der Waals surface area contributed by atoms with Crippen LogP contribution in [0, 0.1) is 0 Å². The van der Waals surface area contributed by atoms with Crippen LogP contribution in [-0.2, 0) is 10.0 Å². The van der Waals surface area contributed by atoms with E-state index in [1.165, 1.54) is 16.4 Å². The van der Waals surface area contributed by atoms with Crippen molar-refractivity contribution in [1.82, 2.24) is 4.31 Å². The van der Waals surface area contributed by atoms with Crippen LogP contribution in [-0.4, -0.2) is 44.8 Å². The van der Waals surface area contributed by atoms with E-state index in [1.54, 1.807) is 6.07 Å². The number of hydrogen-bond acceptors (Lipinski definition) is 4. The number of nitrogens with zero attached hydrogens (tertiary/aromatic N) is 2. The second-order valence-corrected chi connectivity index (χ2v) is 10.1. The Labute approximate surface area is 182 Å². The van der Waals surface area contributed by atoms with Gasteiger partial charge in [0.25, 0.3) is 5.91 Å². The van der Waals surface area contributed by atoms with E-state index in [0.717, 1.165) is 56.6 Å². The van der Waals surface area contributed by atoms with E-state index in [9.17, 15) is 13.2 Å². The number of amides is 1. The van der Waals surface area contributed by atoms with Gasteiger partial charge < -0.3 is 10.2 Å². The fraction of sp³-hybridized carbons (Fsp3) is 0.409. The minimum atomic E-state index is -3.73. The van der Waals surface area contributed by atoms with Gasteiger partial charge in [0.15, 0.2) is 0 Å². The molecule has 2 aromatic rings. The monoisotopic (exact) mass is 447 g/mol. The average molecular weight is 448 g/mol. The van der Waals surface area contributed by atoms with Gasteiger partial charge in [0.05, 0.1) is 16.4 Å². The molecule has 0 spiro atoms. The molecule has 2 heterocycles. The Kier molecular flexibility index (Phi) is 6.32. The summed E-state index contributed by atoms with van der Waals surface area (Å²) in [7, 11) is -3.73. The summed E-state index contributed by atoms with van der Waals surface area (Å²) in [6.45, 7) is 2.90. The van der Waals surface area contributed by atoms with Gasteiger partial charge in [-0.05, 0) is 56.0 Å². The molecule has 1 N–H and O–H groups in total. The molecule has 30 heavy (non-hydrogen) atoms. The molecule has 0 aliphatic carbocycles. The molecule has 0 saturated carbocycles. The maximum atomic E-state index is 13.1. The summed E-state index contributed by atoms with van der Waals surface area (Å²) in [5.74, 6) is -0.353. The van der Waals surface area contributed by atoms with Crippen molar-refractivity contribution in [2.24, 2.45) is 0 Å². The normalized spacial score (nSPS) is 17.8. The second-order valence-electron chi connectivity index (χ2n) is 7.78. The molecule has 2 aromatic carbocycles. The fourth-order valence-electron chi connectivity index (χ4n) is 4.09.